The summed E-state index contributed by atoms with van der Waals surface area (Å²) in [6, 6.07) is 16.4. The highest BCUT2D eigenvalue weighted by Crippen LogP contribution is 2.31. The number of halogens is 2. The molecule has 1 aromatic heterocycles. The minimum atomic E-state index is -0.581. The van der Waals surface area contributed by atoms with E-state index in [0.29, 0.717) is 34.4 Å². The van der Waals surface area contributed by atoms with Crippen molar-refractivity contribution in [2.45, 2.75) is 39.5 Å². The normalized spacial score (nSPS) is 11.7. The number of ether oxygens (including phenoxy) is 2. The first-order chi connectivity index (χ1) is 18.5. The van der Waals surface area contributed by atoms with Crippen LogP contribution < -0.4 is 0 Å². The van der Waals surface area contributed by atoms with Gasteiger partial charge in [-0.1, -0.05) is 29.4 Å². The molecule has 7 nitrogen and oxygen atoms in total. The molecule has 0 atom stereocenters. The average molecular weight is 536 g/mol. The van der Waals surface area contributed by atoms with Gasteiger partial charge < -0.3 is 14.0 Å². The van der Waals surface area contributed by atoms with Crippen LogP contribution in [-0.2, 0) is 27.4 Å². The molecular weight excluding hydrogens is 504 g/mol. The number of likely N-dealkylation sites (N-methyl/N-ethyl adjacent to an activating group) is 1. The molecule has 1 heterocycles. The summed E-state index contributed by atoms with van der Waals surface area (Å²) in [5.74, 6) is -0.710. The van der Waals surface area contributed by atoms with Gasteiger partial charge in [0, 0.05) is 30.3 Å². The van der Waals surface area contributed by atoms with E-state index in [-0.39, 0.29) is 36.7 Å². The first-order valence-corrected chi connectivity index (χ1v) is 12.4. The summed E-state index contributed by atoms with van der Waals surface area (Å²) in [5, 5.41) is 4.05. The van der Waals surface area contributed by atoms with E-state index in [4.69, 9.17) is 14.0 Å². The molecule has 0 saturated carbocycles. The Balaban J connectivity index is 1.56. The number of carbonyl (C=O) groups is 1. The number of rotatable bonds is 9. The van der Waals surface area contributed by atoms with Crippen molar-refractivity contribution in [3.63, 3.8) is 0 Å². The van der Waals surface area contributed by atoms with Crippen molar-refractivity contribution in [2.75, 3.05) is 20.7 Å². The third-order valence-electron chi connectivity index (χ3n) is 5.73. The Labute approximate surface area is 226 Å². The number of methoxy groups -OCH3 is 1. The Bertz CT molecular complexity index is 1460. The van der Waals surface area contributed by atoms with Gasteiger partial charge in [-0.05, 0) is 80.9 Å². The number of nitrogens with zero attached hydrogens (tertiary/aromatic N) is 3. The number of esters is 1. The molecule has 0 spiro atoms. The Hall–Kier alpha value is -3.95. The molecule has 39 heavy (non-hydrogen) atoms. The summed E-state index contributed by atoms with van der Waals surface area (Å²) >= 11 is 0. The molecule has 3 aromatic carbocycles. The van der Waals surface area contributed by atoms with Gasteiger partial charge in [0.2, 0.25) is 5.82 Å². The summed E-state index contributed by atoms with van der Waals surface area (Å²) in [6.07, 6.45) is 0. The van der Waals surface area contributed by atoms with Gasteiger partial charge in [-0.15, -0.1) is 0 Å². The van der Waals surface area contributed by atoms with E-state index in [9.17, 15) is 13.6 Å². The predicted molar refractivity (Wildman–Crippen MR) is 143 cm³/mol. The monoisotopic (exact) mass is 535 g/mol. The Morgan fingerprint density at radius 2 is 1.77 bits per heavy atom. The smallest absolute Gasteiger partial charge is 0.320 e. The lowest BCUT2D eigenvalue weighted by molar-refractivity contribution is -0.155. The van der Waals surface area contributed by atoms with Crippen LogP contribution in [0.2, 0.25) is 0 Å². The van der Waals surface area contributed by atoms with Gasteiger partial charge in [0.15, 0.2) is 0 Å². The predicted octanol–water partition coefficient (Wildman–Crippen LogP) is 6.27. The van der Waals surface area contributed by atoms with E-state index in [1.165, 1.54) is 18.2 Å². The van der Waals surface area contributed by atoms with Crippen LogP contribution in [0.5, 0.6) is 0 Å². The van der Waals surface area contributed by atoms with Crippen LogP contribution in [0.1, 0.15) is 31.9 Å². The van der Waals surface area contributed by atoms with E-state index >= 15 is 0 Å². The van der Waals surface area contributed by atoms with E-state index < -0.39 is 11.4 Å². The highest BCUT2D eigenvalue weighted by atomic mass is 19.1. The van der Waals surface area contributed by atoms with Gasteiger partial charge in [-0.2, -0.15) is 4.98 Å². The number of benzene rings is 3. The third-order valence-corrected chi connectivity index (χ3v) is 5.73. The third kappa shape index (κ3) is 7.34. The fourth-order valence-electron chi connectivity index (χ4n) is 4.23. The topological polar surface area (TPSA) is 77.7 Å². The molecule has 0 radical (unpaired) electrons. The number of hydrogen-bond acceptors (Lipinski definition) is 7. The first kappa shape index (κ1) is 28.1. The zero-order chi connectivity index (χ0) is 28.2. The van der Waals surface area contributed by atoms with Crippen LogP contribution in [0.25, 0.3) is 34.0 Å². The van der Waals surface area contributed by atoms with Crippen LogP contribution in [0.4, 0.5) is 8.78 Å². The summed E-state index contributed by atoms with van der Waals surface area (Å²) < 4.78 is 45.1. The maximum atomic E-state index is 14.5. The molecule has 0 fully saturated rings. The molecule has 0 saturated heterocycles. The SMILES string of the molecule is COCc1cc(-c2nc(-c3cc(F)cc(CN(C)CC(=O)OC(C)(C)C)c3)no2)ccc1-c1ccccc1F. The lowest BCUT2D eigenvalue weighted by atomic mass is 9.97. The van der Waals surface area contributed by atoms with Crippen molar-refractivity contribution in [2.24, 2.45) is 0 Å². The average Bonchev–Trinajstić information content (AvgIpc) is 3.33. The quantitative estimate of drug-likeness (QED) is 0.234. The fourth-order valence-corrected chi connectivity index (χ4v) is 4.23. The Kier molecular flexibility index (Phi) is 8.52. The van der Waals surface area contributed by atoms with E-state index in [0.717, 1.165) is 5.56 Å². The van der Waals surface area contributed by atoms with Crippen LogP contribution in [-0.4, -0.2) is 47.3 Å². The van der Waals surface area contributed by atoms with Gasteiger partial charge in [0.1, 0.15) is 17.2 Å². The number of aromatic nitrogens is 2. The molecule has 4 aromatic rings. The maximum absolute atomic E-state index is 14.5. The molecule has 4 rings (SSSR count). The summed E-state index contributed by atoms with van der Waals surface area (Å²) in [5.41, 5.74) is 3.03. The largest absolute Gasteiger partial charge is 0.459 e. The van der Waals surface area contributed by atoms with Crippen LogP contribution in [0.15, 0.2) is 65.2 Å². The minimum absolute atomic E-state index is 0.0577. The van der Waals surface area contributed by atoms with E-state index in [1.807, 2.05) is 6.07 Å². The summed E-state index contributed by atoms with van der Waals surface area (Å²) in [4.78, 5) is 18.4. The zero-order valence-corrected chi connectivity index (χ0v) is 22.6. The fraction of sp³-hybridized carbons (Fsp3) is 0.300. The molecule has 0 aliphatic rings. The molecule has 204 valence electrons. The van der Waals surface area contributed by atoms with Crippen molar-refractivity contribution in [3.8, 4) is 34.0 Å². The van der Waals surface area contributed by atoms with Crippen LogP contribution >= 0.6 is 0 Å². The molecule has 9 heteroatoms. The molecule has 0 amide bonds. The molecule has 0 N–H and O–H groups in total. The Morgan fingerprint density at radius 1 is 1.00 bits per heavy atom. The molecule has 0 aliphatic heterocycles. The van der Waals surface area contributed by atoms with Gasteiger partial charge in [0.25, 0.3) is 5.89 Å². The minimum Gasteiger partial charge on any atom is -0.459 e. The second kappa shape index (κ2) is 11.8. The number of carbonyl (C=O) groups excluding carboxylic acids is 1. The molecule has 0 unspecified atom stereocenters. The van der Waals surface area contributed by atoms with Gasteiger partial charge in [-0.25, -0.2) is 8.78 Å². The van der Waals surface area contributed by atoms with Crippen LogP contribution in [0, 0.1) is 11.6 Å². The van der Waals surface area contributed by atoms with E-state index in [2.05, 4.69) is 10.1 Å². The zero-order valence-electron chi connectivity index (χ0n) is 22.6. The Morgan fingerprint density at radius 3 is 2.49 bits per heavy atom. The van der Waals surface area contributed by atoms with Crippen molar-refractivity contribution < 1.29 is 27.6 Å². The highest BCUT2D eigenvalue weighted by Gasteiger charge is 2.19. The van der Waals surface area contributed by atoms with Crippen molar-refractivity contribution >= 4 is 5.97 Å². The second-order valence-corrected chi connectivity index (χ2v) is 10.3. The van der Waals surface area contributed by atoms with Crippen LogP contribution in [0.3, 0.4) is 0 Å². The highest BCUT2D eigenvalue weighted by molar-refractivity contribution is 5.73. The molecular formula is C30H31F2N3O4. The lowest BCUT2D eigenvalue weighted by Crippen LogP contribution is -2.32. The van der Waals surface area contributed by atoms with Crippen molar-refractivity contribution in [1.29, 1.82) is 0 Å². The molecule has 0 aliphatic carbocycles. The van der Waals surface area contributed by atoms with Gasteiger partial charge in [0.05, 0.1) is 13.2 Å². The van der Waals surface area contributed by atoms with Crippen molar-refractivity contribution in [1.82, 2.24) is 15.0 Å². The standard InChI is InChI=1S/C30H31F2N3O4/c1-30(2,3)38-27(36)17-35(4)16-19-12-21(15-23(31)13-19)28-33-29(39-34-28)20-10-11-24(22(14-20)18-37-5)25-8-6-7-9-26(25)32/h6-15H,16-18H2,1-5H3. The van der Waals surface area contributed by atoms with Gasteiger partial charge in [-0.3, -0.25) is 9.69 Å². The van der Waals surface area contributed by atoms with E-state index in [1.54, 1.807) is 76.2 Å². The second-order valence-electron chi connectivity index (χ2n) is 10.3. The first-order valence-electron chi connectivity index (χ1n) is 12.4. The van der Waals surface area contributed by atoms with Gasteiger partial charge >= 0.3 is 5.97 Å². The van der Waals surface area contributed by atoms with Crippen molar-refractivity contribution in [3.05, 3.63) is 83.4 Å². The lowest BCUT2D eigenvalue weighted by Gasteiger charge is -2.22. The summed E-state index contributed by atoms with van der Waals surface area (Å²) in [6.45, 7) is 6.04. The summed E-state index contributed by atoms with van der Waals surface area (Å²) in [7, 11) is 3.32. The maximum Gasteiger partial charge on any atom is 0.320 e. The number of hydrogen-bond donors (Lipinski definition) is 0. The molecule has 0 bridgehead atoms.